The minimum absolute atomic E-state index is 0.0564. The number of aromatic nitrogens is 1. The lowest BCUT2D eigenvalue weighted by molar-refractivity contribution is 0.405. The summed E-state index contributed by atoms with van der Waals surface area (Å²) >= 11 is 5.94. The predicted octanol–water partition coefficient (Wildman–Crippen LogP) is 2.13. The second kappa shape index (κ2) is 4.62. The van der Waals surface area contributed by atoms with Gasteiger partial charge in [-0.3, -0.25) is 0 Å². The minimum atomic E-state index is 0.0564. The summed E-state index contributed by atoms with van der Waals surface area (Å²) < 4.78 is 0. The van der Waals surface area contributed by atoms with Crippen molar-refractivity contribution < 1.29 is 0 Å². The third-order valence-electron chi connectivity index (χ3n) is 2.05. The van der Waals surface area contributed by atoms with E-state index in [4.69, 9.17) is 17.3 Å². The summed E-state index contributed by atoms with van der Waals surface area (Å²) in [6.07, 6.45) is 1.71. The molecule has 0 aliphatic rings. The number of halogens is 1. The molecule has 1 aromatic heterocycles. The molecule has 0 saturated heterocycles. The van der Waals surface area contributed by atoms with E-state index in [9.17, 15) is 0 Å². The van der Waals surface area contributed by atoms with Gasteiger partial charge < -0.3 is 11.1 Å². The summed E-state index contributed by atoms with van der Waals surface area (Å²) in [5.74, 6) is 0.718. The highest BCUT2D eigenvalue weighted by molar-refractivity contribution is 6.32. The number of nitrogens with two attached hydrogens (primary N) is 1. The van der Waals surface area contributed by atoms with E-state index < -0.39 is 0 Å². The van der Waals surface area contributed by atoms with Crippen LogP contribution in [0.4, 0.5) is 5.82 Å². The molecule has 0 aliphatic heterocycles. The van der Waals surface area contributed by atoms with Crippen molar-refractivity contribution in [1.29, 1.82) is 0 Å². The quantitative estimate of drug-likeness (QED) is 0.806. The lowest BCUT2D eigenvalue weighted by atomic mass is 9.94. The third-order valence-corrected chi connectivity index (χ3v) is 2.35. The topological polar surface area (TPSA) is 50.9 Å². The van der Waals surface area contributed by atoms with Crippen LogP contribution in [-0.2, 0) is 0 Å². The van der Waals surface area contributed by atoms with Gasteiger partial charge in [-0.1, -0.05) is 25.4 Å². The first-order valence-corrected chi connectivity index (χ1v) is 4.97. The molecule has 0 atom stereocenters. The van der Waals surface area contributed by atoms with E-state index in [1.807, 2.05) is 12.1 Å². The first-order chi connectivity index (χ1) is 6.55. The molecule has 1 rings (SSSR count). The second-order valence-electron chi connectivity index (χ2n) is 4.06. The average Bonchev–Trinajstić information content (AvgIpc) is 2.17. The Morgan fingerprint density at radius 3 is 2.86 bits per heavy atom. The molecule has 0 amide bonds. The number of pyridine rings is 1. The molecule has 4 heteroatoms. The highest BCUT2D eigenvalue weighted by atomic mass is 35.5. The van der Waals surface area contributed by atoms with Gasteiger partial charge in [0, 0.05) is 12.7 Å². The summed E-state index contributed by atoms with van der Waals surface area (Å²) in [5, 5.41) is 3.82. The fourth-order valence-corrected chi connectivity index (χ4v) is 1.10. The van der Waals surface area contributed by atoms with E-state index in [2.05, 4.69) is 24.1 Å². The van der Waals surface area contributed by atoms with E-state index in [1.165, 1.54) is 0 Å². The first-order valence-electron chi connectivity index (χ1n) is 4.60. The van der Waals surface area contributed by atoms with Crippen molar-refractivity contribution in [3.8, 4) is 0 Å². The van der Waals surface area contributed by atoms with Crippen molar-refractivity contribution in [3.05, 3.63) is 23.4 Å². The molecular formula is C10H16ClN3. The maximum atomic E-state index is 5.94. The molecule has 3 N–H and O–H groups in total. The Morgan fingerprint density at radius 1 is 1.57 bits per heavy atom. The van der Waals surface area contributed by atoms with Crippen LogP contribution in [0.3, 0.4) is 0 Å². The van der Waals surface area contributed by atoms with E-state index >= 15 is 0 Å². The van der Waals surface area contributed by atoms with E-state index in [0.717, 1.165) is 12.4 Å². The van der Waals surface area contributed by atoms with Crippen LogP contribution in [0, 0.1) is 5.41 Å². The van der Waals surface area contributed by atoms with Crippen LogP contribution in [0.15, 0.2) is 18.3 Å². The second-order valence-corrected chi connectivity index (χ2v) is 4.46. The van der Waals surface area contributed by atoms with Crippen molar-refractivity contribution in [3.63, 3.8) is 0 Å². The van der Waals surface area contributed by atoms with Crippen LogP contribution in [0.1, 0.15) is 13.8 Å². The zero-order valence-corrected chi connectivity index (χ0v) is 9.30. The lowest BCUT2D eigenvalue weighted by Crippen LogP contribution is -2.31. The summed E-state index contributed by atoms with van der Waals surface area (Å²) in [6, 6.07) is 3.62. The van der Waals surface area contributed by atoms with Gasteiger partial charge in [-0.2, -0.15) is 0 Å². The molecule has 3 nitrogen and oxygen atoms in total. The van der Waals surface area contributed by atoms with Gasteiger partial charge in [0.05, 0.1) is 5.02 Å². The van der Waals surface area contributed by atoms with Crippen LogP contribution in [-0.4, -0.2) is 18.1 Å². The van der Waals surface area contributed by atoms with Crippen LogP contribution in [0.5, 0.6) is 0 Å². The van der Waals surface area contributed by atoms with Gasteiger partial charge >= 0.3 is 0 Å². The number of anilines is 1. The van der Waals surface area contributed by atoms with Crippen LogP contribution in [0.25, 0.3) is 0 Å². The summed E-state index contributed by atoms with van der Waals surface area (Å²) in [7, 11) is 0. The SMILES string of the molecule is CC(C)(CN)CNc1ncccc1Cl. The van der Waals surface area contributed by atoms with E-state index in [1.54, 1.807) is 6.20 Å². The van der Waals surface area contributed by atoms with Crippen molar-refractivity contribution in [2.45, 2.75) is 13.8 Å². The molecule has 1 aromatic rings. The highest BCUT2D eigenvalue weighted by Gasteiger charge is 2.15. The number of hydrogen-bond donors (Lipinski definition) is 2. The lowest BCUT2D eigenvalue weighted by Gasteiger charge is -2.23. The van der Waals surface area contributed by atoms with Crippen molar-refractivity contribution >= 4 is 17.4 Å². The zero-order valence-electron chi connectivity index (χ0n) is 8.55. The highest BCUT2D eigenvalue weighted by Crippen LogP contribution is 2.20. The molecule has 0 aliphatic carbocycles. The van der Waals surface area contributed by atoms with E-state index in [0.29, 0.717) is 11.6 Å². The van der Waals surface area contributed by atoms with Crippen molar-refractivity contribution in [2.75, 3.05) is 18.4 Å². The molecule has 0 aromatic carbocycles. The first kappa shape index (κ1) is 11.3. The molecule has 0 fully saturated rings. The van der Waals surface area contributed by atoms with Crippen molar-refractivity contribution in [2.24, 2.45) is 11.1 Å². The Bertz CT molecular complexity index is 299. The number of rotatable bonds is 4. The molecular weight excluding hydrogens is 198 g/mol. The number of nitrogens with zero attached hydrogens (tertiary/aromatic N) is 1. The number of nitrogens with one attached hydrogen (secondary N) is 1. The summed E-state index contributed by atoms with van der Waals surface area (Å²) in [4.78, 5) is 4.13. The summed E-state index contributed by atoms with van der Waals surface area (Å²) in [5.41, 5.74) is 5.67. The maximum Gasteiger partial charge on any atom is 0.144 e. The van der Waals surface area contributed by atoms with Crippen LogP contribution in [0.2, 0.25) is 5.02 Å². The zero-order chi connectivity index (χ0) is 10.6. The van der Waals surface area contributed by atoms with Gasteiger partial charge in [0.25, 0.3) is 0 Å². The standard InChI is InChI=1S/C10H16ClN3/c1-10(2,6-12)7-14-9-8(11)4-3-5-13-9/h3-5H,6-7,12H2,1-2H3,(H,13,14). The van der Waals surface area contributed by atoms with E-state index in [-0.39, 0.29) is 5.41 Å². The van der Waals surface area contributed by atoms with Gasteiger partial charge in [-0.05, 0) is 24.1 Å². The van der Waals surface area contributed by atoms with Gasteiger partial charge in [-0.25, -0.2) is 4.98 Å². The smallest absolute Gasteiger partial charge is 0.144 e. The Kier molecular flexibility index (Phi) is 3.72. The van der Waals surface area contributed by atoms with Gasteiger partial charge in [0.1, 0.15) is 5.82 Å². The molecule has 0 unspecified atom stereocenters. The molecule has 0 bridgehead atoms. The number of hydrogen-bond acceptors (Lipinski definition) is 3. The van der Waals surface area contributed by atoms with Crippen LogP contribution >= 0.6 is 11.6 Å². The van der Waals surface area contributed by atoms with Gasteiger partial charge in [-0.15, -0.1) is 0 Å². The predicted molar refractivity (Wildman–Crippen MR) is 60.6 cm³/mol. The Morgan fingerprint density at radius 2 is 2.29 bits per heavy atom. The van der Waals surface area contributed by atoms with Crippen LogP contribution < -0.4 is 11.1 Å². The average molecular weight is 214 g/mol. The fraction of sp³-hybridized carbons (Fsp3) is 0.500. The Balaban J connectivity index is 2.58. The third kappa shape index (κ3) is 3.16. The van der Waals surface area contributed by atoms with Gasteiger partial charge in [0.2, 0.25) is 0 Å². The van der Waals surface area contributed by atoms with Gasteiger partial charge in [0.15, 0.2) is 0 Å². The molecule has 1 heterocycles. The molecule has 0 radical (unpaired) electrons. The molecule has 14 heavy (non-hydrogen) atoms. The summed E-state index contributed by atoms with van der Waals surface area (Å²) in [6.45, 7) is 5.58. The molecule has 78 valence electrons. The normalized spacial score (nSPS) is 11.4. The maximum absolute atomic E-state index is 5.94. The molecule has 0 saturated carbocycles. The monoisotopic (exact) mass is 213 g/mol. The Hall–Kier alpha value is -0.800. The van der Waals surface area contributed by atoms with Crippen molar-refractivity contribution in [1.82, 2.24) is 4.98 Å². The Labute approximate surface area is 89.7 Å². The molecule has 0 spiro atoms. The largest absolute Gasteiger partial charge is 0.368 e. The fourth-order valence-electron chi connectivity index (χ4n) is 0.911. The minimum Gasteiger partial charge on any atom is -0.368 e.